The molecule has 0 saturated carbocycles. The molecular formula is C25H31N3O4. The van der Waals surface area contributed by atoms with Gasteiger partial charge in [0.1, 0.15) is 11.3 Å². The Balaban J connectivity index is 1.46. The molecular weight excluding hydrogens is 406 g/mol. The van der Waals surface area contributed by atoms with Crippen LogP contribution in [0.4, 0.5) is 5.69 Å². The number of hydrogen-bond donors (Lipinski definition) is 1. The third-order valence-corrected chi connectivity index (χ3v) is 6.72. The molecule has 1 aliphatic carbocycles. The number of amides is 1. The standard InChI is InChI=1S/C25H31N3O4/c1-25(2)14-21-19(22(29)15-25)13-20(23(30)26-21)24(31)27(3)16-9-11-28(12-10-16)17-5-7-18(32-4)8-6-17/h5-8,13,16H,9-12,14-15H2,1-4H3,(H,26,30). The van der Waals surface area contributed by atoms with Gasteiger partial charge in [0.05, 0.1) is 7.11 Å². The molecule has 2 heterocycles. The first-order chi connectivity index (χ1) is 15.2. The second-order valence-corrected chi connectivity index (χ2v) is 9.68. The molecule has 1 saturated heterocycles. The van der Waals surface area contributed by atoms with Crippen molar-refractivity contribution in [3.8, 4) is 5.75 Å². The van der Waals surface area contributed by atoms with Crippen molar-refractivity contribution in [2.45, 2.75) is 45.6 Å². The molecule has 1 N–H and O–H groups in total. The number of ketones is 1. The highest BCUT2D eigenvalue weighted by molar-refractivity contribution is 6.02. The van der Waals surface area contributed by atoms with E-state index in [2.05, 4.69) is 9.88 Å². The van der Waals surface area contributed by atoms with E-state index in [4.69, 9.17) is 4.74 Å². The number of ether oxygens (including phenoxy) is 1. The first-order valence-corrected chi connectivity index (χ1v) is 11.1. The predicted molar refractivity (Wildman–Crippen MR) is 124 cm³/mol. The van der Waals surface area contributed by atoms with E-state index in [1.54, 1.807) is 19.1 Å². The van der Waals surface area contributed by atoms with Crippen LogP contribution in [0.3, 0.4) is 0 Å². The second kappa shape index (κ2) is 8.45. The number of anilines is 1. The number of Topliss-reactive ketones (excluding diaryl/α,β-unsaturated/α-hetero) is 1. The number of pyridine rings is 1. The first-order valence-electron chi connectivity index (χ1n) is 11.1. The summed E-state index contributed by atoms with van der Waals surface area (Å²) in [5.41, 5.74) is 1.70. The normalized spacial score (nSPS) is 18.2. The summed E-state index contributed by atoms with van der Waals surface area (Å²) in [7, 11) is 3.40. The Morgan fingerprint density at radius 3 is 2.41 bits per heavy atom. The Morgan fingerprint density at radius 1 is 1.12 bits per heavy atom. The van der Waals surface area contributed by atoms with Gasteiger partial charge >= 0.3 is 0 Å². The van der Waals surface area contributed by atoms with Gasteiger partial charge in [0.2, 0.25) is 0 Å². The molecule has 0 bridgehead atoms. The fraction of sp³-hybridized carbons (Fsp3) is 0.480. The van der Waals surface area contributed by atoms with Crippen LogP contribution < -0.4 is 15.2 Å². The maximum absolute atomic E-state index is 13.2. The molecule has 2 aliphatic rings. The molecule has 1 amide bonds. The van der Waals surface area contributed by atoms with E-state index >= 15 is 0 Å². The lowest BCUT2D eigenvalue weighted by atomic mass is 9.75. The molecule has 1 aliphatic heterocycles. The molecule has 7 nitrogen and oxygen atoms in total. The Hall–Kier alpha value is -3.09. The zero-order chi connectivity index (χ0) is 23.0. The fourth-order valence-corrected chi connectivity index (χ4v) is 4.85. The minimum atomic E-state index is -0.415. The molecule has 0 unspecified atom stereocenters. The molecule has 1 fully saturated rings. The lowest BCUT2D eigenvalue weighted by Crippen LogP contribution is -2.46. The first kappa shape index (κ1) is 22.1. The number of aromatic amines is 1. The number of carbonyl (C=O) groups is 2. The quantitative estimate of drug-likeness (QED) is 0.794. The summed E-state index contributed by atoms with van der Waals surface area (Å²) in [5.74, 6) is 0.484. The average molecular weight is 438 g/mol. The number of methoxy groups -OCH3 is 1. The van der Waals surface area contributed by atoms with Crippen LogP contribution in [0, 0.1) is 5.41 Å². The summed E-state index contributed by atoms with van der Waals surface area (Å²) in [6.45, 7) is 5.67. The van der Waals surface area contributed by atoms with Gasteiger partial charge in [0.15, 0.2) is 5.78 Å². The number of nitrogens with zero attached hydrogens (tertiary/aromatic N) is 2. The minimum absolute atomic E-state index is 0.0167. The minimum Gasteiger partial charge on any atom is -0.497 e. The van der Waals surface area contributed by atoms with Gasteiger partial charge < -0.3 is 19.5 Å². The third-order valence-electron chi connectivity index (χ3n) is 6.72. The van der Waals surface area contributed by atoms with Gasteiger partial charge in [-0.05, 0) is 55.0 Å². The van der Waals surface area contributed by atoms with Crippen LogP contribution in [0.25, 0.3) is 0 Å². The second-order valence-electron chi connectivity index (χ2n) is 9.68. The summed E-state index contributed by atoms with van der Waals surface area (Å²) in [6, 6.07) is 9.53. The van der Waals surface area contributed by atoms with Crippen LogP contribution in [0.15, 0.2) is 35.1 Å². The molecule has 1 aromatic heterocycles. The number of piperidine rings is 1. The Labute approximate surface area is 188 Å². The van der Waals surface area contributed by atoms with Crippen LogP contribution in [-0.2, 0) is 6.42 Å². The number of hydrogen-bond acceptors (Lipinski definition) is 5. The van der Waals surface area contributed by atoms with Gasteiger partial charge in [-0.1, -0.05) is 13.8 Å². The highest BCUT2D eigenvalue weighted by atomic mass is 16.5. The fourth-order valence-electron chi connectivity index (χ4n) is 4.85. The average Bonchev–Trinajstić information content (AvgIpc) is 2.77. The van der Waals surface area contributed by atoms with Gasteiger partial charge in [-0.2, -0.15) is 0 Å². The van der Waals surface area contributed by atoms with Gasteiger partial charge in [-0.25, -0.2) is 0 Å². The molecule has 7 heteroatoms. The van der Waals surface area contributed by atoms with Gasteiger partial charge in [0, 0.05) is 49.5 Å². The Morgan fingerprint density at radius 2 is 1.78 bits per heavy atom. The number of rotatable bonds is 4. The van der Waals surface area contributed by atoms with Crippen molar-refractivity contribution in [3.05, 3.63) is 57.5 Å². The molecule has 0 spiro atoms. The van der Waals surface area contributed by atoms with Crippen molar-refractivity contribution in [2.24, 2.45) is 5.41 Å². The number of carbonyl (C=O) groups excluding carboxylic acids is 2. The van der Waals surface area contributed by atoms with Crippen molar-refractivity contribution < 1.29 is 14.3 Å². The summed E-state index contributed by atoms with van der Waals surface area (Å²) < 4.78 is 5.22. The maximum atomic E-state index is 13.2. The number of nitrogens with one attached hydrogen (secondary N) is 1. The van der Waals surface area contributed by atoms with E-state index in [9.17, 15) is 14.4 Å². The van der Waals surface area contributed by atoms with E-state index in [1.165, 1.54) is 6.07 Å². The predicted octanol–water partition coefficient (Wildman–Crippen LogP) is 3.28. The molecule has 2 aromatic rings. The molecule has 4 rings (SSSR count). The lowest BCUT2D eigenvalue weighted by molar-refractivity contribution is 0.0707. The molecule has 0 atom stereocenters. The smallest absolute Gasteiger partial charge is 0.261 e. The van der Waals surface area contributed by atoms with E-state index < -0.39 is 5.56 Å². The summed E-state index contributed by atoms with van der Waals surface area (Å²) in [6.07, 6.45) is 2.66. The van der Waals surface area contributed by atoms with Crippen LogP contribution in [0.5, 0.6) is 5.75 Å². The van der Waals surface area contributed by atoms with Crippen LogP contribution in [0.2, 0.25) is 0 Å². The van der Waals surface area contributed by atoms with Crippen molar-refractivity contribution >= 4 is 17.4 Å². The SMILES string of the molecule is COc1ccc(N2CCC(N(C)C(=O)c3cc4c([nH]c3=O)CC(C)(C)CC4=O)CC2)cc1. The summed E-state index contributed by atoms with van der Waals surface area (Å²) in [5, 5.41) is 0. The van der Waals surface area contributed by atoms with Crippen molar-refractivity contribution in [2.75, 3.05) is 32.1 Å². The maximum Gasteiger partial charge on any atom is 0.261 e. The molecule has 170 valence electrons. The van der Waals surface area contributed by atoms with Gasteiger partial charge in [-0.3, -0.25) is 14.4 Å². The van der Waals surface area contributed by atoms with Gasteiger partial charge in [0.25, 0.3) is 11.5 Å². The molecule has 1 aromatic carbocycles. The van der Waals surface area contributed by atoms with Crippen molar-refractivity contribution in [1.82, 2.24) is 9.88 Å². The highest BCUT2D eigenvalue weighted by Crippen LogP contribution is 2.33. The van der Waals surface area contributed by atoms with Crippen molar-refractivity contribution in [1.29, 1.82) is 0 Å². The monoisotopic (exact) mass is 437 g/mol. The number of benzene rings is 1. The molecule has 0 radical (unpaired) electrons. The summed E-state index contributed by atoms with van der Waals surface area (Å²) >= 11 is 0. The zero-order valence-corrected chi connectivity index (χ0v) is 19.2. The highest BCUT2D eigenvalue weighted by Gasteiger charge is 2.34. The topological polar surface area (TPSA) is 82.7 Å². The van der Waals surface area contributed by atoms with Crippen LogP contribution in [-0.4, -0.2) is 54.9 Å². The van der Waals surface area contributed by atoms with E-state index in [1.807, 2.05) is 38.1 Å². The van der Waals surface area contributed by atoms with Gasteiger partial charge in [-0.15, -0.1) is 0 Å². The molecule has 32 heavy (non-hydrogen) atoms. The third kappa shape index (κ3) is 4.29. The Kier molecular flexibility index (Phi) is 5.84. The zero-order valence-electron chi connectivity index (χ0n) is 19.2. The summed E-state index contributed by atoms with van der Waals surface area (Å²) in [4.78, 5) is 45.3. The van der Waals surface area contributed by atoms with Crippen molar-refractivity contribution in [3.63, 3.8) is 0 Å². The number of H-pyrrole nitrogens is 1. The number of fused-ring (bicyclic) bond motifs is 1. The van der Waals surface area contributed by atoms with Crippen LogP contribution in [0.1, 0.15) is 59.5 Å². The number of aromatic nitrogens is 1. The van der Waals surface area contributed by atoms with Crippen LogP contribution >= 0.6 is 0 Å². The largest absolute Gasteiger partial charge is 0.497 e. The Bertz CT molecular complexity index is 1080. The van der Waals surface area contributed by atoms with E-state index in [0.29, 0.717) is 24.1 Å². The lowest BCUT2D eigenvalue weighted by Gasteiger charge is -2.38. The van der Waals surface area contributed by atoms with E-state index in [-0.39, 0.29) is 28.7 Å². The van der Waals surface area contributed by atoms with E-state index in [0.717, 1.165) is 37.4 Å².